The van der Waals surface area contributed by atoms with E-state index in [1.165, 1.54) is 12.7 Å². The van der Waals surface area contributed by atoms with E-state index in [-0.39, 0.29) is 10.7 Å². The van der Waals surface area contributed by atoms with Gasteiger partial charge in [0.25, 0.3) is 0 Å². The molecule has 2 rings (SSSR count). The predicted molar refractivity (Wildman–Crippen MR) is 80.7 cm³/mol. The normalized spacial score (nSPS) is 16.6. The molecule has 0 bridgehead atoms. The maximum Gasteiger partial charge on any atom is 0.182 e. The van der Waals surface area contributed by atoms with Gasteiger partial charge in [-0.15, -0.1) is 0 Å². The first-order chi connectivity index (χ1) is 9.45. The van der Waals surface area contributed by atoms with Crippen LogP contribution in [0, 0.1) is 0 Å². The molecule has 0 unspecified atom stereocenters. The summed E-state index contributed by atoms with van der Waals surface area (Å²) in [7, 11) is -3.37. The Balaban J connectivity index is 2.42. The van der Waals surface area contributed by atoms with Gasteiger partial charge in [0.15, 0.2) is 20.6 Å². The molecule has 0 spiro atoms. The Labute approximate surface area is 120 Å². The number of sulfone groups is 1. The van der Waals surface area contributed by atoms with Gasteiger partial charge in [0, 0.05) is 25.9 Å². The van der Waals surface area contributed by atoms with Crippen molar-refractivity contribution in [2.75, 3.05) is 30.0 Å². The molecular weight excluding hydrogens is 276 g/mol. The molecule has 0 atom stereocenters. The van der Waals surface area contributed by atoms with E-state index in [9.17, 15) is 8.42 Å². The minimum absolute atomic E-state index is 0.204. The van der Waals surface area contributed by atoms with E-state index in [2.05, 4.69) is 16.9 Å². The fraction of sp³-hybridized carbons (Fsp3) is 0.769. The molecule has 0 aliphatic carbocycles. The van der Waals surface area contributed by atoms with Crippen LogP contribution in [0.1, 0.15) is 39.0 Å². The highest BCUT2D eigenvalue weighted by molar-refractivity contribution is 7.91. The fourth-order valence-electron chi connectivity index (χ4n) is 2.59. The Hall–Kier alpha value is -1.24. The maximum atomic E-state index is 12.0. The lowest BCUT2D eigenvalue weighted by Crippen LogP contribution is -2.31. The molecule has 1 aromatic rings. The average Bonchev–Trinajstić information content (AvgIpc) is 2.74. The summed E-state index contributed by atoms with van der Waals surface area (Å²) in [6, 6.07) is 0. The van der Waals surface area contributed by atoms with Crippen LogP contribution in [-0.4, -0.2) is 37.5 Å². The molecule has 1 aliphatic heterocycles. The number of nitrogens with two attached hydrogens (primary N) is 1. The van der Waals surface area contributed by atoms with E-state index in [4.69, 9.17) is 5.73 Å². The van der Waals surface area contributed by atoms with Gasteiger partial charge in [0.2, 0.25) is 0 Å². The number of nitrogen functional groups attached to an aromatic ring is 1. The Morgan fingerprint density at radius 3 is 2.45 bits per heavy atom. The van der Waals surface area contributed by atoms with Crippen LogP contribution in [0.5, 0.6) is 0 Å². The highest BCUT2D eigenvalue weighted by atomic mass is 32.2. The molecule has 20 heavy (non-hydrogen) atoms. The number of piperidine rings is 1. The third-order valence-electron chi connectivity index (χ3n) is 3.68. The van der Waals surface area contributed by atoms with Gasteiger partial charge in [-0.3, -0.25) is 0 Å². The number of hydrogen-bond donors (Lipinski definition) is 1. The molecule has 7 heteroatoms. The van der Waals surface area contributed by atoms with Crippen LogP contribution in [0.15, 0.2) is 4.90 Å². The Bertz CT molecular complexity index is 559. The van der Waals surface area contributed by atoms with Crippen molar-refractivity contribution in [3.05, 3.63) is 0 Å². The van der Waals surface area contributed by atoms with Gasteiger partial charge in [0.05, 0.1) is 0 Å². The van der Waals surface area contributed by atoms with Gasteiger partial charge in [-0.05, 0) is 25.7 Å². The number of unbranched alkanes of at least 4 members (excludes halogenated alkanes) is 1. The van der Waals surface area contributed by atoms with E-state index in [1.54, 1.807) is 4.68 Å². The lowest BCUT2D eigenvalue weighted by atomic mass is 10.1. The third kappa shape index (κ3) is 3.08. The van der Waals surface area contributed by atoms with E-state index < -0.39 is 9.84 Å². The van der Waals surface area contributed by atoms with Crippen LogP contribution < -0.4 is 10.6 Å². The van der Waals surface area contributed by atoms with Crippen molar-refractivity contribution in [2.45, 2.75) is 50.5 Å². The van der Waals surface area contributed by atoms with E-state index in [0.29, 0.717) is 12.4 Å². The van der Waals surface area contributed by atoms with Gasteiger partial charge in [-0.25, -0.2) is 13.1 Å². The van der Waals surface area contributed by atoms with Crippen LogP contribution >= 0.6 is 0 Å². The number of aryl methyl sites for hydroxylation is 1. The molecule has 2 heterocycles. The number of nitrogens with zero attached hydrogens (tertiary/aromatic N) is 3. The fourth-order valence-corrected chi connectivity index (χ4v) is 3.58. The smallest absolute Gasteiger partial charge is 0.182 e. The number of hydrogen-bond acceptors (Lipinski definition) is 5. The summed E-state index contributed by atoms with van der Waals surface area (Å²) in [6.45, 7) is 4.46. The second-order valence-electron chi connectivity index (χ2n) is 5.43. The van der Waals surface area contributed by atoms with Crippen molar-refractivity contribution < 1.29 is 8.42 Å². The minimum atomic E-state index is -3.37. The second-order valence-corrected chi connectivity index (χ2v) is 7.39. The van der Waals surface area contributed by atoms with Gasteiger partial charge >= 0.3 is 0 Å². The first-order valence-corrected chi connectivity index (χ1v) is 9.15. The monoisotopic (exact) mass is 300 g/mol. The van der Waals surface area contributed by atoms with E-state index >= 15 is 0 Å². The van der Waals surface area contributed by atoms with Gasteiger partial charge in [-0.1, -0.05) is 13.3 Å². The molecule has 0 aromatic carbocycles. The largest absolute Gasteiger partial charge is 0.383 e. The molecule has 1 fully saturated rings. The zero-order valence-corrected chi connectivity index (χ0v) is 13.1. The highest BCUT2D eigenvalue weighted by Crippen LogP contribution is 2.31. The lowest BCUT2D eigenvalue weighted by molar-refractivity contribution is 0.551. The maximum absolute atomic E-state index is 12.0. The third-order valence-corrected chi connectivity index (χ3v) is 4.81. The first kappa shape index (κ1) is 15.2. The Morgan fingerprint density at radius 1 is 1.25 bits per heavy atom. The van der Waals surface area contributed by atoms with Gasteiger partial charge in [0.1, 0.15) is 5.82 Å². The molecule has 0 radical (unpaired) electrons. The number of aromatic nitrogens is 2. The van der Waals surface area contributed by atoms with Crippen LogP contribution in [0.3, 0.4) is 0 Å². The Kier molecular flexibility index (Phi) is 4.57. The second kappa shape index (κ2) is 6.03. The quantitative estimate of drug-likeness (QED) is 0.894. The first-order valence-electron chi connectivity index (χ1n) is 7.26. The number of rotatable bonds is 5. The molecule has 1 aliphatic rings. The van der Waals surface area contributed by atoms with Crippen LogP contribution in [0.4, 0.5) is 11.6 Å². The predicted octanol–water partition coefficient (Wildman–Crippen LogP) is 1.66. The molecule has 0 amide bonds. The highest BCUT2D eigenvalue weighted by Gasteiger charge is 2.28. The van der Waals surface area contributed by atoms with Crippen molar-refractivity contribution in [1.82, 2.24) is 9.78 Å². The van der Waals surface area contributed by atoms with Crippen molar-refractivity contribution in [1.29, 1.82) is 0 Å². The SMILES string of the molecule is CCCCn1nc(N2CCCCC2)c(S(C)(=O)=O)c1N. The summed E-state index contributed by atoms with van der Waals surface area (Å²) >= 11 is 0. The molecule has 6 nitrogen and oxygen atoms in total. The minimum Gasteiger partial charge on any atom is -0.383 e. The van der Waals surface area contributed by atoms with E-state index in [0.717, 1.165) is 38.8 Å². The van der Waals surface area contributed by atoms with Crippen LogP contribution in [0.2, 0.25) is 0 Å². The van der Waals surface area contributed by atoms with Crippen molar-refractivity contribution in [3.8, 4) is 0 Å². The standard InChI is InChI=1S/C13H24N4O2S/c1-3-4-10-17-12(14)11(20(2,18)19)13(15-17)16-8-6-5-7-9-16/h3-10,14H2,1-2H3. The summed E-state index contributed by atoms with van der Waals surface area (Å²) in [5, 5.41) is 4.48. The molecular formula is C13H24N4O2S. The summed E-state index contributed by atoms with van der Waals surface area (Å²) in [4.78, 5) is 2.26. The summed E-state index contributed by atoms with van der Waals surface area (Å²) in [5.74, 6) is 0.822. The van der Waals surface area contributed by atoms with Crippen molar-refractivity contribution in [3.63, 3.8) is 0 Å². The van der Waals surface area contributed by atoms with Gasteiger partial charge < -0.3 is 10.6 Å². The average molecular weight is 300 g/mol. The molecule has 1 saturated heterocycles. The molecule has 0 saturated carbocycles. The van der Waals surface area contributed by atoms with Crippen LogP contribution in [-0.2, 0) is 16.4 Å². The topological polar surface area (TPSA) is 81.2 Å². The zero-order valence-electron chi connectivity index (χ0n) is 12.3. The van der Waals surface area contributed by atoms with Crippen LogP contribution in [0.25, 0.3) is 0 Å². The molecule has 114 valence electrons. The Morgan fingerprint density at radius 2 is 1.90 bits per heavy atom. The van der Waals surface area contributed by atoms with Gasteiger partial charge in [-0.2, -0.15) is 5.10 Å². The molecule has 2 N–H and O–H groups in total. The molecule has 1 aromatic heterocycles. The van der Waals surface area contributed by atoms with Crippen molar-refractivity contribution in [2.24, 2.45) is 0 Å². The van der Waals surface area contributed by atoms with Crippen molar-refractivity contribution >= 4 is 21.5 Å². The number of anilines is 2. The summed E-state index contributed by atoms with van der Waals surface area (Å²) in [6.07, 6.45) is 6.51. The van der Waals surface area contributed by atoms with E-state index in [1.807, 2.05) is 0 Å². The summed E-state index contributed by atoms with van der Waals surface area (Å²) in [5.41, 5.74) is 6.03. The zero-order chi connectivity index (χ0) is 14.8. The lowest BCUT2D eigenvalue weighted by Gasteiger charge is -2.27. The summed E-state index contributed by atoms with van der Waals surface area (Å²) < 4.78 is 25.7.